The molecule has 1 aliphatic carbocycles. The molecule has 0 aliphatic heterocycles. The Labute approximate surface area is 155 Å². The van der Waals surface area contributed by atoms with Gasteiger partial charge in [0.05, 0.1) is 17.6 Å². The van der Waals surface area contributed by atoms with Crippen LogP contribution in [0, 0.1) is 0 Å². The van der Waals surface area contributed by atoms with E-state index in [-0.39, 0.29) is 23.3 Å². The first-order chi connectivity index (χ1) is 11.9. The number of nitrogens with zero attached hydrogens (tertiary/aromatic N) is 1. The second-order valence-corrected chi connectivity index (χ2v) is 9.34. The zero-order valence-electron chi connectivity index (χ0n) is 14.6. The van der Waals surface area contributed by atoms with Crippen LogP contribution in [0.2, 0.25) is 5.02 Å². The van der Waals surface area contributed by atoms with E-state index < -0.39 is 9.84 Å². The normalized spacial score (nSPS) is 15.3. The van der Waals surface area contributed by atoms with Crippen LogP contribution in [0.3, 0.4) is 0 Å². The molecule has 0 unspecified atom stereocenters. The predicted molar refractivity (Wildman–Crippen MR) is 99.9 cm³/mol. The largest absolute Gasteiger partial charge is 0.493 e. The molecule has 1 aromatic carbocycles. The van der Waals surface area contributed by atoms with Gasteiger partial charge in [0, 0.05) is 25.0 Å². The molecular weight excluding hydrogens is 362 g/mol. The third-order valence-electron chi connectivity index (χ3n) is 4.54. The lowest BCUT2D eigenvalue weighted by molar-refractivity contribution is -0.129. The van der Waals surface area contributed by atoms with Gasteiger partial charge in [-0.2, -0.15) is 0 Å². The Morgan fingerprint density at radius 2 is 2.04 bits per heavy atom. The van der Waals surface area contributed by atoms with E-state index in [0.717, 1.165) is 25.7 Å². The van der Waals surface area contributed by atoms with Gasteiger partial charge in [-0.1, -0.05) is 30.5 Å². The molecule has 0 N–H and O–H groups in total. The molecule has 0 spiro atoms. The van der Waals surface area contributed by atoms with Gasteiger partial charge < -0.3 is 9.64 Å². The van der Waals surface area contributed by atoms with Crippen molar-refractivity contribution in [1.29, 1.82) is 0 Å². The first-order valence-corrected chi connectivity index (χ1v) is 10.8. The minimum absolute atomic E-state index is 0.0418. The van der Waals surface area contributed by atoms with Gasteiger partial charge in [-0.3, -0.25) is 4.79 Å². The molecule has 0 heterocycles. The highest BCUT2D eigenvalue weighted by Crippen LogP contribution is 2.25. The van der Waals surface area contributed by atoms with Crippen LogP contribution in [0.1, 0.15) is 38.5 Å². The molecule has 2 rings (SSSR count). The van der Waals surface area contributed by atoms with Gasteiger partial charge in [0.15, 0.2) is 9.84 Å². The lowest BCUT2D eigenvalue weighted by Gasteiger charge is -2.18. The molecular formula is C18H26ClNO4S. The third kappa shape index (κ3) is 6.51. The van der Waals surface area contributed by atoms with E-state index in [1.807, 2.05) is 12.1 Å². The number of hydrogen-bond acceptors (Lipinski definition) is 4. The third-order valence-corrected chi connectivity index (χ3v) is 7.03. The summed E-state index contributed by atoms with van der Waals surface area (Å²) in [6.45, 7) is 1.00. The van der Waals surface area contributed by atoms with E-state index in [1.165, 1.54) is 0 Å². The van der Waals surface area contributed by atoms with Crippen molar-refractivity contribution in [3.8, 4) is 5.75 Å². The molecule has 0 saturated heterocycles. The zero-order valence-corrected chi connectivity index (χ0v) is 16.2. The summed E-state index contributed by atoms with van der Waals surface area (Å²) in [6, 6.07) is 7.16. The van der Waals surface area contributed by atoms with Crippen molar-refractivity contribution in [3.05, 3.63) is 29.3 Å². The molecule has 140 valence electrons. The number of hydrogen-bond donors (Lipinski definition) is 0. The van der Waals surface area contributed by atoms with Crippen LogP contribution in [-0.4, -0.2) is 50.4 Å². The summed E-state index contributed by atoms with van der Waals surface area (Å²) in [5.74, 6) is 0.522. The Morgan fingerprint density at radius 3 is 2.72 bits per heavy atom. The lowest BCUT2D eigenvalue weighted by Crippen LogP contribution is -2.31. The number of sulfone groups is 1. The van der Waals surface area contributed by atoms with Crippen molar-refractivity contribution in [1.82, 2.24) is 4.90 Å². The summed E-state index contributed by atoms with van der Waals surface area (Å²) in [4.78, 5) is 13.7. The number of rotatable bonds is 9. The van der Waals surface area contributed by atoms with Gasteiger partial charge in [0.2, 0.25) is 5.91 Å². The molecule has 1 aliphatic rings. The van der Waals surface area contributed by atoms with Crippen LogP contribution in [0.25, 0.3) is 0 Å². The van der Waals surface area contributed by atoms with Crippen molar-refractivity contribution < 1.29 is 17.9 Å². The molecule has 1 fully saturated rings. The highest BCUT2D eigenvalue weighted by atomic mass is 35.5. The Kier molecular flexibility index (Phi) is 7.56. The second kappa shape index (κ2) is 9.43. The fourth-order valence-electron chi connectivity index (χ4n) is 3.01. The number of halogens is 1. The average Bonchev–Trinajstić information content (AvgIpc) is 3.12. The van der Waals surface area contributed by atoms with Crippen LogP contribution in [0.5, 0.6) is 5.75 Å². The number of amides is 1. The second-order valence-electron chi connectivity index (χ2n) is 6.50. The standard InChI is InChI=1S/C18H26ClNO4S/c1-20(11-5-12-24-16-7-4-6-15(19)14-16)18(21)10-13-25(22,23)17-8-2-3-9-17/h4,6-7,14,17H,2-3,5,8-13H2,1H3. The van der Waals surface area contributed by atoms with Gasteiger partial charge in [0.1, 0.15) is 5.75 Å². The quantitative estimate of drug-likeness (QED) is 0.610. The summed E-state index contributed by atoms with van der Waals surface area (Å²) in [6.07, 6.45) is 4.17. The van der Waals surface area contributed by atoms with Gasteiger partial charge in [-0.25, -0.2) is 8.42 Å². The molecule has 25 heavy (non-hydrogen) atoms. The average molecular weight is 388 g/mol. The van der Waals surface area contributed by atoms with Crippen LogP contribution in [0.4, 0.5) is 0 Å². The predicted octanol–water partition coefficient (Wildman–Crippen LogP) is 3.31. The fraction of sp³-hybridized carbons (Fsp3) is 0.611. The van der Waals surface area contributed by atoms with E-state index >= 15 is 0 Å². The van der Waals surface area contributed by atoms with Crippen molar-refractivity contribution in [2.75, 3.05) is 26.0 Å². The monoisotopic (exact) mass is 387 g/mol. The van der Waals surface area contributed by atoms with E-state index in [9.17, 15) is 13.2 Å². The first-order valence-electron chi connectivity index (χ1n) is 8.72. The Hall–Kier alpha value is -1.27. The molecule has 7 heteroatoms. The minimum Gasteiger partial charge on any atom is -0.493 e. The van der Waals surface area contributed by atoms with Crippen molar-refractivity contribution in [3.63, 3.8) is 0 Å². The topological polar surface area (TPSA) is 63.7 Å². The lowest BCUT2D eigenvalue weighted by atomic mass is 10.3. The highest BCUT2D eigenvalue weighted by Gasteiger charge is 2.29. The van der Waals surface area contributed by atoms with Gasteiger partial charge in [-0.15, -0.1) is 0 Å². The summed E-state index contributed by atoms with van der Waals surface area (Å²) in [5, 5.41) is 0.380. The van der Waals surface area contributed by atoms with Crippen LogP contribution in [-0.2, 0) is 14.6 Å². The minimum atomic E-state index is -3.14. The highest BCUT2D eigenvalue weighted by molar-refractivity contribution is 7.92. The maximum absolute atomic E-state index is 12.2. The molecule has 5 nitrogen and oxygen atoms in total. The number of benzene rings is 1. The summed E-state index contributed by atoms with van der Waals surface area (Å²) < 4.78 is 30.0. The van der Waals surface area contributed by atoms with Crippen molar-refractivity contribution in [2.45, 2.75) is 43.8 Å². The van der Waals surface area contributed by atoms with E-state index in [2.05, 4.69) is 0 Å². The Morgan fingerprint density at radius 1 is 1.32 bits per heavy atom. The summed E-state index contributed by atoms with van der Waals surface area (Å²) in [7, 11) is -1.44. The summed E-state index contributed by atoms with van der Waals surface area (Å²) >= 11 is 5.89. The molecule has 0 aromatic heterocycles. The van der Waals surface area contributed by atoms with Crippen LogP contribution < -0.4 is 4.74 Å². The molecule has 1 amide bonds. The van der Waals surface area contributed by atoms with E-state index in [0.29, 0.717) is 30.3 Å². The number of carbonyl (C=O) groups is 1. The maximum Gasteiger partial charge on any atom is 0.223 e. The first kappa shape index (κ1) is 20.0. The summed E-state index contributed by atoms with van der Waals surface area (Å²) in [5.41, 5.74) is 0. The molecule has 0 atom stereocenters. The maximum atomic E-state index is 12.2. The van der Waals surface area contributed by atoms with Crippen molar-refractivity contribution in [2.24, 2.45) is 0 Å². The Balaban J connectivity index is 1.66. The number of ether oxygens (including phenoxy) is 1. The van der Waals surface area contributed by atoms with Crippen molar-refractivity contribution >= 4 is 27.3 Å². The zero-order chi connectivity index (χ0) is 18.3. The molecule has 0 radical (unpaired) electrons. The van der Waals surface area contributed by atoms with Crippen LogP contribution in [0.15, 0.2) is 24.3 Å². The fourth-order valence-corrected chi connectivity index (χ4v) is 5.03. The van der Waals surface area contributed by atoms with Gasteiger partial charge >= 0.3 is 0 Å². The Bertz CT molecular complexity index is 671. The number of carbonyl (C=O) groups excluding carboxylic acids is 1. The van der Waals surface area contributed by atoms with Gasteiger partial charge in [0.25, 0.3) is 0 Å². The van der Waals surface area contributed by atoms with E-state index in [1.54, 1.807) is 24.1 Å². The SMILES string of the molecule is CN(CCCOc1cccc(Cl)c1)C(=O)CCS(=O)(=O)C1CCCC1. The van der Waals surface area contributed by atoms with Gasteiger partial charge in [-0.05, 0) is 37.5 Å². The smallest absolute Gasteiger partial charge is 0.223 e. The molecule has 0 bridgehead atoms. The van der Waals surface area contributed by atoms with E-state index in [4.69, 9.17) is 16.3 Å². The molecule has 1 saturated carbocycles. The van der Waals surface area contributed by atoms with Crippen LogP contribution >= 0.6 is 11.6 Å². The molecule has 1 aromatic rings.